The number of carbonyl (C=O) groups is 1. The van der Waals surface area contributed by atoms with Crippen LogP contribution < -0.4 is 0 Å². The van der Waals surface area contributed by atoms with E-state index in [-0.39, 0.29) is 0 Å². The molecule has 0 aromatic carbocycles. The zero-order chi connectivity index (χ0) is 13.0. The second kappa shape index (κ2) is 6.03. The van der Waals surface area contributed by atoms with Crippen molar-refractivity contribution in [1.82, 2.24) is 14.5 Å². The molecule has 1 fully saturated rings. The van der Waals surface area contributed by atoms with Crippen LogP contribution in [-0.2, 0) is 4.79 Å². The van der Waals surface area contributed by atoms with E-state index in [4.69, 9.17) is 0 Å². The molecule has 0 aliphatic carbocycles. The van der Waals surface area contributed by atoms with E-state index >= 15 is 0 Å². The van der Waals surface area contributed by atoms with Gasteiger partial charge in [-0.2, -0.15) is 0 Å². The molecule has 100 valence electrons. The Balaban J connectivity index is 1.96. The highest BCUT2D eigenvalue weighted by atomic mass is 16.2. The van der Waals surface area contributed by atoms with Crippen LogP contribution in [0.5, 0.6) is 0 Å². The van der Waals surface area contributed by atoms with Crippen molar-refractivity contribution < 1.29 is 4.79 Å². The Kier molecular flexibility index (Phi) is 4.39. The van der Waals surface area contributed by atoms with E-state index in [2.05, 4.69) is 28.3 Å². The molecule has 1 saturated heterocycles. The second-order valence-electron chi connectivity index (χ2n) is 5.20. The molecule has 0 saturated carbocycles. The maximum atomic E-state index is 11.9. The fourth-order valence-corrected chi connectivity index (χ4v) is 2.80. The zero-order valence-electron chi connectivity index (χ0n) is 11.4. The number of piperidine rings is 1. The van der Waals surface area contributed by atoms with Gasteiger partial charge >= 0.3 is 0 Å². The number of likely N-dealkylation sites (tertiary alicyclic amines) is 1. The van der Waals surface area contributed by atoms with E-state index in [1.807, 2.05) is 18.7 Å². The van der Waals surface area contributed by atoms with Crippen LogP contribution in [0.4, 0.5) is 0 Å². The zero-order valence-corrected chi connectivity index (χ0v) is 11.4. The number of imidazole rings is 1. The van der Waals surface area contributed by atoms with Gasteiger partial charge in [0.25, 0.3) is 0 Å². The maximum Gasteiger partial charge on any atom is 0.222 e. The van der Waals surface area contributed by atoms with Crippen molar-refractivity contribution in [3.63, 3.8) is 0 Å². The Morgan fingerprint density at radius 2 is 2.28 bits per heavy atom. The minimum Gasteiger partial charge on any atom is -0.340 e. The summed E-state index contributed by atoms with van der Waals surface area (Å²) in [5.41, 5.74) is 0. The third-order valence-corrected chi connectivity index (χ3v) is 3.92. The van der Waals surface area contributed by atoms with E-state index < -0.39 is 0 Å². The smallest absolute Gasteiger partial charge is 0.222 e. The molecule has 0 bridgehead atoms. The summed E-state index contributed by atoms with van der Waals surface area (Å²) in [6.07, 6.45) is 10.7. The molecule has 0 radical (unpaired) electrons. The molecule has 18 heavy (non-hydrogen) atoms. The average molecular weight is 249 g/mol. The molecule has 2 unspecified atom stereocenters. The van der Waals surface area contributed by atoms with Crippen LogP contribution in [0.1, 0.15) is 52.0 Å². The average Bonchev–Trinajstić information content (AvgIpc) is 2.90. The molecular formula is C14H23N3O. The molecule has 2 rings (SSSR count). The van der Waals surface area contributed by atoms with Gasteiger partial charge in [-0.3, -0.25) is 4.79 Å². The number of amides is 1. The third-order valence-electron chi connectivity index (χ3n) is 3.92. The summed E-state index contributed by atoms with van der Waals surface area (Å²) >= 11 is 0. The normalized spacial score (nSPS) is 19.9. The molecular weight excluding hydrogens is 226 g/mol. The minimum absolute atomic E-state index is 0.324. The maximum absolute atomic E-state index is 11.9. The van der Waals surface area contributed by atoms with Crippen molar-refractivity contribution in [2.45, 2.75) is 58.0 Å². The van der Waals surface area contributed by atoms with E-state index in [1.165, 1.54) is 0 Å². The van der Waals surface area contributed by atoms with Crippen molar-refractivity contribution in [1.29, 1.82) is 0 Å². The third kappa shape index (κ3) is 2.92. The van der Waals surface area contributed by atoms with Crippen molar-refractivity contribution >= 4 is 5.91 Å². The van der Waals surface area contributed by atoms with Crippen molar-refractivity contribution in [2.75, 3.05) is 6.54 Å². The molecule has 4 nitrogen and oxygen atoms in total. The standard InChI is InChI=1S/C14H23N3O/c1-3-13(16-9-7-15-11-16)10-12(2)17-8-5-4-6-14(17)18/h7,9,11-13H,3-6,8,10H2,1-2H3. The monoisotopic (exact) mass is 249 g/mol. The topological polar surface area (TPSA) is 38.1 Å². The van der Waals surface area contributed by atoms with E-state index in [9.17, 15) is 4.79 Å². The van der Waals surface area contributed by atoms with Crippen molar-refractivity contribution in [2.24, 2.45) is 0 Å². The van der Waals surface area contributed by atoms with Crippen LogP contribution in [0.2, 0.25) is 0 Å². The first-order valence-corrected chi connectivity index (χ1v) is 6.99. The summed E-state index contributed by atoms with van der Waals surface area (Å²) < 4.78 is 2.16. The summed E-state index contributed by atoms with van der Waals surface area (Å²) in [5, 5.41) is 0. The summed E-state index contributed by atoms with van der Waals surface area (Å²) in [7, 11) is 0. The Labute approximate surface area is 109 Å². The second-order valence-corrected chi connectivity index (χ2v) is 5.20. The van der Waals surface area contributed by atoms with Gasteiger partial charge in [0.05, 0.1) is 6.33 Å². The lowest BCUT2D eigenvalue weighted by Gasteiger charge is -2.34. The number of rotatable bonds is 5. The van der Waals surface area contributed by atoms with Crippen LogP contribution in [0.25, 0.3) is 0 Å². The van der Waals surface area contributed by atoms with Gasteiger partial charge in [0, 0.05) is 37.4 Å². The summed E-state index contributed by atoms with van der Waals surface area (Å²) in [6, 6.07) is 0.766. The molecule has 1 aromatic rings. The predicted octanol–water partition coefficient (Wildman–Crippen LogP) is 2.63. The van der Waals surface area contributed by atoms with Gasteiger partial charge in [-0.1, -0.05) is 6.92 Å². The van der Waals surface area contributed by atoms with Crippen LogP contribution in [-0.4, -0.2) is 32.9 Å². The summed E-state index contributed by atoms with van der Waals surface area (Å²) in [5.74, 6) is 0.328. The Morgan fingerprint density at radius 1 is 1.44 bits per heavy atom. The van der Waals surface area contributed by atoms with E-state index in [0.717, 1.165) is 38.6 Å². The van der Waals surface area contributed by atoms with Gasteiger partial charge in [0.1, 0.15) is 0 Å². The lowest BCUT2D eigenvalue weighted by Crippen LogP contribution is -2.42. The summed E-state index contributed by atoms with van der Waals surface area (Å²) in [6.45, 7) is 5.29. The SMILES string of the molecule is CCC(CC(C)N1CCCCC1=O)n1ccnc1. The highest BCUT2D eigenvalue weighted by Gasteiger charge is 2.25. The van der Waals surface area contributed by atoms with E-state index in [0.29, 0.717) is 18.0 Å². The first kappa shape index (κ1) is 13.1. The van der Waals surface area contributed by atoms with E-state index in [1.54, 1.807) is 0 Å². The largest absolute Gasteiger partial charge is 0.340 e. The first-order valence-electron chi connectivity index (χ1n) is 6.99. The van der Waals surface area contributed by atoms with Gasteiger partial charge < -0.3 is 9.47 Å². The summed E-state index contributed by atoms with van der Waals surface area (Å²) in [4.78, 5) is 18.1. The highest BCUT2D eigenvalue weighted by molar-refractivity contribution is 5.77. The molecule has 0 N–H and O–H groups in total. The molecule has 1 aliphatic heterocycles. The van der Waals surface area contributed by atoms with Crippen LogP contribution in [0.3, 0.4) is 0 Å². The van der Waals surface area contributed by atoms with Crippen LogP contribution in [0.15, 0.2) is 18.7 Å². The fraction of sp³-hybridized carbons (Fsp3) is 0.714. The van der Waals surface area contributed by atoms with Gasteiger partial charge in [-0.15, -0.1) is 0 Å². The Morgan fingerprint density at radius 3 is 2.89 bits per heavy atom. The fourth-order valence-electron chi connectivity index (χ4n) is 2.80. The molecule has 2 atom stereocenters. The lowest BCUT2D eigenvalue weighted by atomic mass is 10.0. The highest BCUT2D eigenvalue weighted by Crippen LogP contribution is 2.23. The number of hydrogen-bond acceptors (Lipinski definition) is 2. The molecule has 0 spiro atoms. The quantitative estimate of drug-likeness (QED) is 0.804. The predicted molar refractivity (Wildman–Crippen MR) is 71.2 cm³/mol. The van der Waals surface area contributed by atoms with Crippen molar-refractivity contribution in [3.05, 3.63) is 18.7 Å². The number of hydrogen-bond donors (Lipinski definition) is 0. The van der Waals surface area contributed by atoms with Gasteiger partial charge in [0.2, 0.25) is 5.91 Å². The van der Waals surface area contributed by atoms with Crippen molar-refractivity contribution in [3.8, 4) is 0 Å². The molecule has 1 amide bonds. The first-order chi connectivity index (χ1) is 8.72. The molecule has 1 aliphatic rings. The Bertz CT molecular complexity index is 374. The molecule has 4 heteroatoms. The minimum atomic E-state index is 0.324. The molecule has 2 heterocycles. The molecule has 1 aromatic heterocycles. The number of aromatic nitrogens is 2. The number of carbonyl (C=O) groups excluding carboxylic acids is 1. The number of nitrogens with zero attached hydrogens (tertiary/aromatic N) is 3. The van der Waals surface area contributed by atoms with Gasteiger partial charge in [-0.25, -0.2) is 4.98 Å². The lowest BCUT2D eigenvalue weighted by molar-refractivity contribution is -0.135. The van der Waals surface area contributed by atoms with Crippen LogP contribution >= 0.6 is 0 Å². The van der Waals surface area contributed by atoms with Gasteiger partial charge in [-0.05, 0) is 32.6 Å². The van der Waals surface area contributed by atoms with Gasteiger partial charge in [0.15, 0.2) is 0 Å². The Hall–Kier alpha value is -1.32. The van der Waals surface area contributed by atoms with Crippen LogP contribution in [0, 0.1) is 0 Å².